The van der Waals surface area contributed by atoms with Crippen molar-refractivity contribution in [1.29, 1.82) is 0 Å². The van der Waals surface area contributed by atoms with Gasteiger partial charge in [0.2, 0.25) is 0 Å². The second kappa shape index (κ2) is 4.31. The second-order valence-electron chi connectivity index (χ2n) is 3.66. The molecule has 2 rings (SSSR count). The lowest BCUT2D eigenvalue weighted by Gasteiger charge is -2.20. The van der Waals surface area contributed by atoms with Gasteiger partial charge in [-0.1, -0.05) is 0 Å². The lowest BCUT2D eigenvalue weighted by Crippen LogP contribution is -2.33. The van der Waals surface area contributed by atoms with Crippen LogP contribution in [0.4, 0.5) is 0 Å². The Morgan fingerprint density at radius 3 is 2.93 bits per heavy atom. The molecule has 80 valence electrons. The number of pyridine rings is 1. The Labute approximate surface area is 97.6 Å². The summed E-state index contributed by atoms with van der Waals surface area (Å²) in [6.45, 7) is 2.76. The molecule has 0 radical (unpaired) electrons. The lowest BCUT2D eigenvalue weighted by atomic mass is 10.3. The predicted octanol–water partition coefficient (Wildman–Crippen LogP) is 2.47. The first kappa shape index (κ1) is 10.6. The molecule has 1 amide bonds. The average molecular weight is 269 g/mol. The zero-order chi connectivity index (χ0) is 10.8. The van der Waals surface area contributed by atoms with Crippen molar-refractivity contribution >= 4 is 21.8 Å². The van der Waals surface area contributed by atoms with Crippen LogP contribution in [0.1, 0.15) is 30.3 Å². The van der Waals surface area contributed by atoms with E-state index in [4.69, 9.17) is 0 Å². The summed E-state index contributed by atoms with van der Waals surface area (Å²) in [5, 5.41) is 0. The minimum atomic E-state index is 0.0347. The van der Waals surface area contributed by atoms with Crippen LogP contribution in [0.25, 0.3) is 0 Å². The number of aromatic nitrogens is 1. The summed E-state index contributed by atoms with van der Waals surface area (Å²) in [5.74, 6) is 0.0347. The molecular weight excluding hydrogens is 256 g/mol. The molecular formula is C11H13BrN2O. The zero-order valence-corrected chi connectivity index (χ0v) is 10.2. The van der Waals surface area contributed by atoms with Crippen LogP contribution in [-0.2, 0) is 0 Å². The summed E-state index contributed by atoms with van der Waals surface area (Å²) >= 11 is 3.35. The van der Waals surface area contributed by atoms with Gasteiger partial charge in [-0.2, -0.15) is 0 Å². The predicted molar refractivity (Wildman–Crippen MR) is 61.7 cm³/mol. The Bertz CT molecular complexity index is 377. The van der Waals surface area contributed by atoms with Gasteiger partial charge in [0, 0.05) is 23.3 Å². The van der Waals surface area contributed by atoms with Gasteiger partial charge in [0.15, 0.2) is 0 Å². The molecule has 0 unspecified atom stereocenters. The third-order valence-electron chi connectivity index (χ3n) is 2.55. The first-order chi connectivity index (χ1) is 7.24. The molecule has 1 aliphatic rings. The fourth-order valence-corrected chi connectivity index (χ4v) is 2.06. The number of nitrogens with zero attached hydrogens (tertiary/aromatic N) is 2. The quantitative estimate of drug-likeness (QED) is 0.844. The summed E-state index contributed by atoms with van der Waals surface area (Å²) in [6, 6.07) is 4.10. The molecule has 1 aromatic rings. The van der Waals surface area contributed by atoms with Crippen molar-refractivity contribution in [2.45, 2.75) is 25.8 Å². The van der Waals surface area contributed by atoms with Crippen molar-refractivity contribution in [2.75, 3.05) is 6.54 Å². The zero-order valence-electron chi connectivity index (χ0n) is 8.61. The van der Waals surface area contributed by atoms with Gasteiger partial charge < -0.3 is 4.90 Å². The van der Waals surface area contributed by atoms with Crippen molar-refractivity contribution in [1.82, 2.24) is 9.88 Å². The van der Waals surface area contributed by atoms with E-state index in [2.05, 4.69) is 20.9 Å². The maximum absolute atomic E-state index is 12.1. The highest BCUT2D eigenvalue weighted by Gasteiger charge is 2.32. The molecule has 0 spiro atoms. The number of carbonyl (C=O) groups is 1. The molecule has 0 N–H and O–H groups in total. The normalized spacial score (nSPS) is 15.1. The molecule has 1 saturated carbocycles. The Balaban J connectivity index is 2.22. The van der Waals surface area contributed by atoms with E-state index in [-0.39, 0.29) is 5.91 Å². The molecule has 3 nitrogen and oxygen atoms in total. The Morgan fingerprint density at radius 1 is 1.67 bits per heavy atom. The molecule has 0 bridgehead atoms. The maximum Gasteiger partial charge on any atom is 0.273 e. The number of hydrogen-bond acceptors (Lipinski definition) is 2. The first-order valence-corrected chi connectivity index (χ1v) is 5.94. The van der Waals surface area contributed by atoms with Gasteiger partial charge in [-0.05, 0) is 47.8 Å². The van der Waals surface area contributed by atoms with E-state index >= 15 is 0 Å². The number of carbonyl (C=O) groups excluding carboxylic acids is 1. The minimum absolute atomic E-state index is 0.0347. The van der Waals surface area contributed by atoms with Crippen molar-refractivity contribution < 1.29 is 4.79 Å². The lowest BCUT2D eigenvalue weighted by molar-refractivity contribution is 0.0745. The van der Waals surface area contributed by atoms with Crippen molar-refractivity contribution in [3.8, 4) is 0 Å². The van der Waals surface area contributed by atoms with E-state index in [0.717, 1.165) is 23.9 Å². The highest BCUT2D eigenvalue weighted by Crippen LogP contribution is 2.28. The summed E-state index contributed by atoms with van der Waals surface area (Å²) in [5.41, 5.74) is 0.520. The Kier molecular flexibility index (Phi) is 3.05. The molecule has 4 heteroatoms. The maximum atomic E-state index is 12.1. The Hall–Kier alpha value is -0.900. The average Bonchev–Trinajstić information content (AvgIpc) is 3.03. The van der Waals surface area contributed by atoms with Crippen LogP contribution in [0.5, 0.6) is 0 Å². The fraction of sp³-hybridized carbons (Fsp3) is 0.455. The molecule has 0 atom stereocenters. The van der Waals surface area contributed by atoms with Crippen LogP contribution in [0.3, 0.4) is 0 Å². The summed E-state index contributed by atoms with van der Waals surface area (Å²) in [4.78, 5) is 18.1. The van der Waals surface area contributed by atoms with E-state index in [0.29, 0.717) is 11.7 Å². The smallest absolute Gasteiger partial charge is 0.273 e. The van der Waals surface area contributed by atoms with Crippen molar-refractivity contribution in [3.63, 3.8) is 0 Å². The summed E-state index contributed by atoms with van der Waals surface area (Å²) < 4.78 is 0.772. The molecule has 1 aliphatic carbocycles. The molecule has 0 aliphatic heterocycles. The molecule has 0 aromatic carbocycles. The van der Waals surface area contributed by atoms with Crippen LogP contribution in [0.2, 0.25) is 0 Å². The van der Waals surface area contributed by atoms with Gasteiger partial charge in [0.1, 0.15) is 5.69 Å². The monoisotopic (exact) mass is 268 g/mol. The molecule has 0 saturated heterocycles. The van der Waals surface area contributed by atoms with Crippen molar-refractivity contribution in [2.24, 2.45) is 0 Å². The standard InChI is InChI=1S/C11H13BrN2O/c1-2-14(8-5-6-8)11(15)10-9(12)4-3-7-13-10/h3-4,7-8H,2,5-6H2,1H3. The summed E-state index contributed by atoms with van der Waals surface area (Å²) in [6.07, 6.45) is 3.91. The van der Waals surface area contributed by atoms with E-state index in [1.807, 2.05) is 24.0 Å². The van der Waals surface area contributed by atoms with Gasteiger partial charge in [-0.3, -0.25) is 4.79 Å². The van der Waals surface area contributed by atoms with Crippen LogP contribution in [0, 0.1) is 0 Å². The van der Waals surface area contributed by atoms with E-state index in [1.54, 1.807) is 6.20 Å². The van der Waals surface area contributed by atoms with Crippen LogP contribution < -0.4 is 0 Å². The number of rotatable bonds is 3. The highest BCUT2D eigenvalue weighted by molar-refractivity contribution is 9.10. The molecule has 1 fully saturated rings. The van der Waals surface area contributed by atoms with Crippen LogP contribution in [-0.4, -0.2) is 28.4 Å². The van der Waals surface area contributed by atoms with Gasteiger partial charge >= 0.3 is 0 Å². The third kappa shape index (κ3) is 2.20. The van der Waals surface area contributed by atoms with Gasteiger partial charge in [-0.15, -0.1) is 0 Å². The summed E-state index contributed by atoms with van der Waals surface area (Å²) in [7, 11) is 0. The SMILES string of the molecule is CCN(C(=O)c1ncccc1Br)C1CC1. The van der Waals surface area contributed by atoms with Gasteiger partial charge in [0.05, 0.1) is 0 Å². The number of hydrogen-bond donors (Lipinski definition) is 0. The molecule has 15 heavy (non-hydrogen) atoms. The van der Waals surface area contributed by atoms with E-state index < -0.39 is 0 Å². The Morgan fingerprint density at radius 2 is 2.40 bits per heavy atom. The molecule has 1 aromatic heterocycles. The molecule has 1 heterocycles. The van der Waals surface area contributed by atoms with Gasteiger partial charge in [0.25, 0.3) is 5.91 Å². The van der Waals surface area contributed by atoms with Crippen LogP contribution >= 0.6 is 15.9 Å². The fourth-order valence-electron chi connectivity index (χ4n) is 1.63. The number of amides is 1. The minimum Gasteiger partial charge on any atom is -0.335 e. The first-order valence-electron chi connectivity index (χ1n) is 5.15. The van der Waals surface area contributed by atoms with E-state index in [1.165, 1.54) is 0 Å². The van der Waals surface area contributed by atoms with Crippen LogP contribution in [0.15, 0.2) is 22.8 Å². The van der Waals surface area contributed by atoms with E-state index in [9.17, 15) is 4.79 Å². The highest BCUT2D eigenvalue weighted by atomic mass is 79.9. The van der Waals surface area contributed by atoms with Gasteiger partial charge in [-0.25, -0.2) is 4.98 Å². The topological polar surface area (TPSA) is 33.2 Å². The number of halogens is 1. The second-order valence-corrected chi connectivity index (χ2v) is 4.51. The largest absolute Gasteiger partial charge is 0.335 e. The van der Waals surface area contributed by atoms with Crippen molar-refractivity contribution in [3.05, 3.63) is 28.5 Å². The third-order valence-corrected chi connectivity index (χ3v) is 3.19.